The lowest BCUT2D eigenvalue weighted by molar-refractivity contribution is 0.292. The maximum atomic E-state index is 14.4. The number of hydrogen-bond acceptors (Lipinski definition) is 6. The SMILES string of the molecule is Cc1c(-c2cc(Sc3ncccc3F)c3c(C#N)cnn3c2)cnn1C1CCC(NS(C)=O)CC1. The quantitative estimate of drug-likeness (QED) is 0.413. The van der Waals surface area contributed by atoms with Crippen molar-refractivity contribution in [3.05, 3.63) is 60.1 Å². The average molecular weight is 510 g/mol. The van der Waals surface area contributed by atoms with E-state index in [1.165, 1.54) is 24.0 Å². The molecule has 1 aliphatic rings. The van der Waals surface area contributed by atoms with Crippen molar-refractivity contribution in [3.8, 4) is 17.2 Å². The molecule has 0 aliphatic heterocycles. The zero-order valence-electron chi connectivity index (χ0n) is 19.3. The predicted octanol–water partition coefficient (Wildman–Crippen LogP) is 4.43. The molecule has 0 spiro atoms. The van der Waals surface area contributed by atoms with Crippen LogP contribution in [0.15, 0.2) is 52.9 Å². The van der Waals surface area contributed by atoms with E-state index in [4.69, 9.17) is 5.10 Å². The zero-order valence-corrected chi connectivity index (χ0v) is 20.9. The first-order chi connectivity index (χ1) is 16.9. The van der Waals surface area contributed by atoms with Crippen LogP contribution in [0.4, 0.5) is 4.39 Å². The number of hydrogen-bond donors (Lipinski definition) is 1. The van der Waals surface area contributed by atoms with Crippen molar-refractivity contribution in [2.45, 2.75) is 54.6 Å². The highest BCUT2D eigenvalue weighted by atomic mass is 32.2. The van der Waals surface area contributed by atoms with Gasteiger partial charge in [-0.3, -0.25) is 4.68 Å². The minimum Gasteiger partial charge on any atom is -0.266 e. The Bertz CT molecular complexity index is 1450. The first-order valence-electron chi connectivity index (χ1n) is 11.3. The molecule has 4 aromatic rings. The van der Waals surface area contributed by atoms with Gasteiger partial charge in [-0.2, -0.15) is 15.5 Å². The van der Waals surface area contributed by atoms with Gasteiger partial charge in [0.15, 0.2) is 5.82 Å². The van der Waals surface area contributed by atoms with Crippen LogP contribution < -0.4 is 4.72 Å². The number of halogens is 1. The molecule has 0 radical (unpaired) electrons. The van der Waals surface area contributed by atoms with Crippen LogP contribution in [0.2, 0.25) is 0 Å². The van der Waals surface area contributed by atoms with Crippen molar-refractivity contribution in [2.24, 2.45) is 0 Å². The number of nitriles is 1. The maximum absolute atomic E-state index is 14.4. The molecular weight excluding hydrogens is 485 g/mol. The second-order valence-corrected chi connectivity index (χ2v) is 10.8. The zero-order chi connectivity index (χ0) is 24.5. The summed E-state index contributed by atoms with van der Waals surface area (Å²) in [5.74, 6) is -0.417. The summed E-state index contributed by atoms with van der Waals surface area (Å²) in [6.45, 7) is 2.05. The van der Waals surface area contributed by atoms with E-state index in [-0.39, 0.29) is 17.1 Å². The van der Waals surface area contributed by atoms with Gasteiger partial charge < -0.3 is 0 Å². The lowest BCUT2D eigenvalue weighted by atomic mass is 9.91. The van der Waals surface area contributed by atoms with Crippen molar-refractivity contribution in [3.63, 3.8) is 0 Å². The van der Waals surface area contributed by atoms with Crippen molar-refractivity contribution in [1.82, 2.24) is 29.1 Å². The number of rotatable bonds is 6. The van der Waals surface area contributed by atoms with Gasteiger partial charge in [0.05, 0.1) is 40.5 Å². The molecule has 0 saturated heterocycles. The van der Waals surface area contributed by atoms with E-state index in [9.17, 15) is 13.9 Å². The number of aromatic nitrogens is 5. The molecule has 0 aromatic carbocycles. The summed E-state index contributed by atoms with van der Waals surface area (Å²) in [6, 6.07) is 7.59. The second kappa shape index (κ2) is 9.89. The van der Waals surface area contributed by atoms with Crippen molar-refractivity contribution < 1.29 is 8.60 Å². The van der Waals surface area contributed by atoms with Gasteiger partial charge in [0.2, 0.25) is 0 Å². The summed E-state index contributed by atoms with van der Waals surface area (Å²) in [7, 11) is -1.00. The van der Waals surface area contributed by atoms with Crippen LogP contribution in [-0.2, 0) is 11.0 Å². The van der Waals surface area contributed by atoms with Crippen LogP contribution in [0.25, 0.3) is 16.6 Å². The number of fused-ring (bicyclic) bond motifs is 1. The lowest BCUT2D eigenvalue weighted by Crippen LogP contribution is -2.34. The van der Waals surface area contributed by atoms with E-state index in [2.05, 4.69) is 25.6 Å². The summed E-state index contributed by atoms with van der Waals surface area (Å²) < 4.78 is 32.7. The van der Waals surface area contributed by atoms with E-state index in [0.29, 0.717) is 16.0 Å². The first kappa shape index (κ1) is 23.7. The Balaban J connectivity index is 1.49. The fourth-order valence-electron chi connectivity index (χ4n) is 4.69. The molecule has 1 fully saturated rings. The third kappa shape index (κ3) is 4.74. The van der Waals surface area contributed by atoms with Gasteiger partial charge in [-0.1, -0.05) is 11.8 Å². The van der Waals surface area contributed by atoms with Gasteiger partial charge in [0, 0.05) is 46.4 Å². The van der Waals surface area contributed by atoms with Crippen LogP contribution in [0.5, 0.6) is 0 Å². The van der Waals surface area contributed by atoms with Crippen LogP contribution in [0, 0.1) is 24.1 Å². The normalized spacial score (nSPS) is 19.0. The van der Waals surface area contributed by atoms with Crippen LogP contribution in [0.1, 0.15) is 43.0 Å². The fourth-order valence-corrected chi connectivity index (χ4v) is 6.37. The van der Waals surface area contributed by atoms with Crippen molar-refractivity contribution >= 4 is 28.3 Å². The van der Waals surface area contributed by atoms with Crippen LogP contribution in [-0.4, -0.2) is 40.9 Å². The Morgan fingerprint density at radius 3 is 2.77 bits per heavy atom. The van der Waals surface area contributed by atoms with Crippen molar-refractivity contribution in [1.29, 1.82) is 5.26 Å². The van der Waals surface area contributed by atoms with E-state index >= 15 is 0 Å². The summed E-state index contributed by atoms with van der Waals surface area (Å²) in [6.07, 6.45) is 12.3. The van der Waals surface area contributed by atoms with Crippen molar-refractivity contribution in [2.75, 3.05) is 6.26 Å². The Kier molecular flexibility index (Phi) is 6.69. The lowest BCUT2D eigenvalue weighted by Gasteiger charge is -2.29. The van der Waals surface area contributed by atoms with Gasteiger partial charge in [-0.25, -0.2) is 22.8 Å². The number of pyridine rings is 2. The molecule has 1 N–H and O–H groups in total. The van der Waals surface area contributed by atoms with Gasteiger partial charge in [-0.15, -0.1) is 0 Å². The Morgan fingerprint density at radius 1 is 1.26 bits per heavy atom. The van der Waals surface area contributed by atoms with E-state index in [1.807, 2.05) is 25.4 Å². The highest BCUT2D eigenvalue weighted by Gasteiger charge is 2.25. The molecule has 4 heterocycles. The van der Waals surface area contributed by atoms with E-state index < -0.39 is 16.8 Å². The van der Waals surface area contributed by atoms with Crippen LogP contribution in [0.3, 0.4) is 0 Å². The molecular formula is C24H24FN7OS2. The molecule has 1 saturated carbocycles. The molecule has 180 valence electrons. The smallest absolute Gasteiger partial charge is 0.155 e. The predicted molar refractivity (Wildman–Crippen MR) is 133 cm³/mol. The molecule has 35 heavy (non-hydrogen) atoms. The van der Waals surface area contributed by atoms with E-state index in [1.54, 1.807) is 23.0 Å². The summed E-state index contributed by atoms with van der Waals surface area (Å²) in [4.78, 5) is 4.86. The van der Waals surface area contributed by atoms with Gasteiger partial charge in [0.25, 0.3) is 0 Å². The van der Waals surface area contributed by atoms with E-state index in [0.717, 1.165) is 42.5 Å². The molecule has 11 heteroatoms. The summed E-state index contributed by atoms with van der Waals surface area (Å²) in [5.41, 5.74) is 3.91. The highest BCUT2D eigenvalue weighted by Crippen LogP contribution is 2.37. The second-order valence-electron chi connectivity index (χ2n) is 8.61. The largest absolute Gasteiger partial charge is 0.266 e. The Hall–Kier alpha value is -3.07. The third-order valence-corrected chi connectivity index (χ3v) is 8.05. The summed E-state index contributed by atoms with van der Waals surface area (Å²) >= 11 is 1.18. The molecule has 0 amide bonds. The maximum Gasteiger partial charge on any atom is 0.155 e. The standard InChI is InChI=1S/C24H24FN7OS2/c1-15-20(13-29-32(15)19-7-5-18(6-8-19)30-35(2)33)16-10-22(34-24-21(25)4-3-9-27-24)23-17(11-26)12-28-31(23)14-16/h3-4,9-10,12-14,18-19,30H,5-8H2,1-2H3. The minimum absolute atomic E-state index is 0.238. The molecule has 4 aromatic heterocycles. The van der Waals surface area contributed by atoms with Gasteiger partial charge >= 0.3 is 0 Å². The topological polar surface area (TPSA) is 101 Å². The molecule has 5 rings (SSSR count). The first-order valence-corrected chi connectivity index (χ1v) is 13.7. The molecule has 1 atom stereocenters. The monoisotopic (exact) mass is 509 g/mol. The minimum atomic E-state index is -1.00. The van der Waals surface area contributed by atoms with Gasteiger partial charge in [0.1, 0.15) is 11.1 Å². The van der Waals surface area contributed by atoms with Gasteiger partial charge in [-0.05, 0) is 50.8 Å². The Morgan fingerprint density at radius 2 is 2.06 bits per heavy atom. The highest BCUT2D eigenvalue weighted by molar-refractivity contribution is 7.99. The number of nitrogens with one attached hydrogen (secondary N) is 1. The number of nitrogens with zero attached hydrogens (tertiary/aromatic N) is 6. The van der Waals surface area contributed by atoms with Crippen LogP contribution >= 0.6 is 11.8 Å². The third-order valence-electron chi connectivity index (χ3n) is 6.36. The fraction of sp³-hybridized carbons (Fsp3) is 0.333. The Labute approximate surface area is 209 Å². The molecule has 1 unspecified atom stereocenters. The molecule has 0 bridgehead atoms. The average Bonchev–Trinajstić information content (AvgIpc) is 3.44. The summed E-state index contributed by atoms with van der Waals surface area (Å²) in [5, 5.41) is 18.9. The molecule has 8 nitrogen and oxygen atoms in total. The molecule has 1 aliphatic carbocycles.